The van der Waals surface area contributed by atoms with Gasteiger partial charge in [0.2, 0.25) is 0 Å². The highest BCUT2D eigenvalue weighted by molar-refractivity contribution is 9.10. The number of pyridine rings is 1. The SMILES string of the molecule is Cc1cc(-c2cn3cc(Br)ccc3n2)c(C)o1. The molecule has 3 nitrogen and oxygen atoms in total. The van der Waals surface area contributed by atoms with E-state index in [0.717, 1.165) is 32.9 Å². The average molecular weight is 291 g/mol. The Morgan fingerprint density at radius 3 is 2.76 bits per heavy atom. The number of hydrogen-bond donors (Lipinski definition) is 0. The predicted octanol–water partition coefficient (Wildman–Crippen LogP) is 3.97. The van der Waals surface area contributed by atoms with Crippen LogP contribution in [-0.4, -0.2) is 9.38 Å². The third-order valence-corrected chi connectivity index (χ3v) is 3.20. The van der Waals surface area contributed by atoms with Crippen LogP contribution >= 0.6 is 15.9 Å². The summed E-state index contributed by atoms with van der Waals surface area (Å²) in [4.78, 5) is 4.58. The van der Waals surface area contributed by atoms with Crippen LogP contribution in [-0.2, 0) is 0 Å². The Labute approximate surface area is 107 Å². The molecule has 0 atom stereocenters. The second-order valence-corrected chi connectivity index (χ2v) is 4.98. The monoisotopic (exact) mass is 290 g/mol. The van der Waals surface area contributed by atoms with Gasteiger partial charge in [-0.25, -0.2) is 4.98 Å². The first-order chi connectivity index (χ1) is 8.13. The molecule has 0 aliphatic rings. The lowest BCUT2D eigenvalue weighted by atomic mass is 10.2. The molecule has 3 heterocycles. The molecule has 17 heavy (non-hydrogen) atoms. The summed E-state index contributed by atoms with van der Waals surface area (Å²) in [5.74, 6) is 1.82. The number of fused-ring (bicyclic) bond motifs is 1. The van der Waals surface area contributed by atoms with E-state index < -0.39 is 0 Å². The van der Waals surface area contributed by atoms with Crippen molar-refractivity contribution < 1.29 is 4.42 Å². The van der Waals surface area contributed by atoms with Gasteiger partial charge in [0.1, 0.15) is 17.2 Å². The highest BCUT2D eigenvalue weighted by atomic mass is 79.9. The first-order valence-corrected chi connectivity index (χ1v) is 6.14. The summed E-state index contributed by atoms with van der Waals surface area (Å²) in [5.41, 5.74) is 2.93. The number of imidazole rings is 1. The van der Waals surface area contributed by atoms with Crippen LogP contribution in [0, 0.1) is 13.8 Å². The van der Waals surface area contributed by atoms with Crippen LogP contribution in [0.15, 0.2) is 39.5 Å². The smallest absolute Gasteiger partial charge is 0.137 e. The summed E-state index contributed by atoms with van der Waals surface area (Å²) >= 11 is 3.45. The molecule has 0 spiro atoms. The van der Waals surface area contributed by atoms with Gasteiger partial charge in [0.05, 0.1) is 5.69 Å². The zero-order valence-electron chi connectivity index (χ0n) is 9.57. The number of halogens is 1. The maximum atomic E-state index is 5.53. The summed E-state index contributed by atoms with van der Waals surface area (Å²) in [5, 5.41) is 0. The number of furan rings is 1. The molecule has 0 unspecified atom stereocenters. The van der Waals surface area contributed by atoms with Crippen LogP contribution in [0.2, 0.25) is 0 Å². The fourth-order valence-electron chi connectivity index (χ4n) is 1.98. The fourth-order valence-corrected chi connectivity index (χ4v) is 2.33. The lowest BCUT2D eigenvalue weighted by molar-refractivity contribution is 0.505. The van der Waals surface area contributed by atoms with Crippen molar-refractivity contribution in [2.45, 2.75) is 13.8 Å². The van der Waals surface area contributed by atoms with E-state index in [1.165, 1.54) is 0 Å². The Balaban J connectivity index is 2.21. The van der Waals surface area contributed by atoms with Crippen molar-refractivity contribution in [1.29, 1.82) is 0 Å². The lowest BCUT2D eigenvalue weighted by Crippen LogP contribution is -1.80. The molecule has 0 aliphatic heterocycles. The molecule has 0 fully saturated rings. The molecule has 0 saturated carbocycles. The number of nitrogens with zero attached hydrogens (tertiary/aromatic N) is 2. The van der Waals surface area contributed by atoms with Crippen LogP contribution in [0.1, 0.15) is 11.5 Å². The summed E-state index contributed by atoms with van der Waals surface area (Å²) in [6, 6.07) is 5.99. The van der Waals surface area contributed by atoms with Crippen molar-refractivity contribution in [2.75, 3.05) is 0 Å². The van der Waals surface area contributed by atoms with Gasteiger partial charge in [-0.05, 0) is 48.0 Å². The van der Waals surface area contributed by atoms with Gasteiger partial charge in [0.25, 0.3) is 0 Å². The van der Waals surface area contributed by atoms with E-state index in [9.17, 15) is 0 Å². The Hall–Kier alpha value is -1.55. The van der Waals surface area contributed by atoms with E-state index in [4.69, 9.17) is 4.42 Å². The van der Waals surface area contributed by atoms with Gasteiger partial charge < -0.3 is 8.82 Å². The maximum Gasteiger partial charge on any atom is 0.137 e. The zero-order chi connectivity index (χ0) is 12.0. The summed E-state index contributed by atoms with van der Waals surface area (Å²) in [6.45, 7) is 3.91. The van der Waals surface area contributed by atoms with Gasteiger partial charge >= 0.3 is 0 Å². The van der Waals surface area contributed by atoms with Gasteiger partial charge in [0, 0.05) is 22.4 Å². The predicted molar refractivity (Wildman–Crippen MR) is 70.1 cm³/mol. The first-order valence-electron chi connectivity index (χ1n) is 5.35. The van der Waals surface area contributed by atoms with Crippen LogP contribution in [0.3, 0.4) is 0 Å². The third-order valence-electron chi connectivity index (χ3n) is 2.73. The van der Waals surface area contributed by atoms with Gasteiger partial charge in [-0.2, -0.15) is 0 Å². The molecule has 86 valence electrons. The number of aryl methyl sites for hydroxylation is 2. The van der Waals surface area contributed by atoms with E-state index in [0.29, 0.717) is 0 Å². The van der Waals surface area contributed by atoms with Crippen molar-refractivity contribution in [2.24, 2.45) is 0 Å². The minimum absolute atomic E-state index is 0.907. The van der Waals surface area contributed by atoms with Crippen molar-refractivity contribution >= 4 is 21.6 Å². The average Bonchev–Trinajstić information content (AvgIpc) is 2.80. The Morgan fingerprint density at radius 2 is 2.06 bits per heavy atom. The second-order valence-electron chi connectivity index (χ2n) is 4.07. The van der Waals surface area contributed by atoms with E-state index >= 15 is 0 Å². The maximum absolute atomic E-state index is 5.53. The van der Waals surface area contributed by atoms with Gasteiger partial charge in [-0.1, -0.05) is 0 Å². The third kappa shape index (κ3) is 1.78. The van der Waals surface area contributed by atoms with E-state index in [-0.39, 0.29) is 0 Å². The molecule has 3 rings (SSSR count). The quantitative estimate of drug-likeness (QED) is 0.679. The Bertz CT molecular complexity index is 697. The molecule has 3 aromatic heterocycles. The van der Waals surface area contributed by atoms with Gasteiger partial charge in [-0.15, -0.1) is 0 Å². The van der Waals surface area contributed by atoms with Crippen molar-refractivity contribution in [3.8, 4) is 11.3 Å². The number of hydrogen-bond acceptors (Lipinski definition) is 2. The minimum atomic E-state index is 0.907. The first kappa shape index (κ1) is 10.6. The van der Waals surface area contributed by atoms with Crippen LogP contribution in [0.4, 0.5) is 0 Å². The molecule has 0 saturated heterocycles. The topological polar surface area (TPSA) is 30.4 Å². The zero-order valence-corrected chi connectivity index (χ0v) is 11.2. The fraction of sp³-hybridized carbons (Fsp3) is 0.154. The molecule has 0 aliphatic carbocycles. The molecule has 0 radical (unpaired) electrons. The van der Waals surface area contributed by atoms with Crippen LogP contribution in [0.25, 0.3) is 16.9 Å². The normalized spacial score (nSPS) is 11.2. The van der Waals surface area contributed by atoms with E-state index in [1.807, 2.05) is 48.8 Å². The minimum Gasteiger partial charge on any atom is -0.466 e. The highest BCUT2D eigenvalue weighted by Gasteiger charge is 2.10. The van der Waals surface area contributed by atoms with Gasteiger partial charge in [-0.3, -0.25) is 0 Å². The van der Waals surface area contributed by atoms with Crippen molar-refractivity contribution in [3.63, 3.8) is 0 Å². The summed E-state index contributed by atoms with van der Waals surface area (Å²) < 4.78 is 8.57. The summed E-state index contributed by atoms with van der Waals surface area (Å²) in [6.07, 6.45) is 4.01. The second kappa shape index (κ2) is 3.74. The molecule has 0 amide bonds. The molecular formula is C13H11BrN2O. The Morgan fingerprint density at radius 1 is 1.24 bits per heavy atom. The molecule has 4 heteroatoms. The molecule has 3 aromatic rings. The van der Waals surface area contributed by atoms with Crippen molar-refractivity contribution in [3.05, 3.63) is 46.6 Å². The molecule has 0 aromatic carbocycles. The molecule has 0 bridgehead atoms. The Kier molecular flexibility index (Phi) is 2.33. The highest BCUT2D eigenvalue weighted by Crippen LogP contribution is 2.26. The number of rotatable bonds is 1. The number of aromatic nitrogens is 2. The van der Waals surface area contributed by atoms with Crippen molar-refractivity contribution in [1.82, 2.24) is 9.38 Å². The van der Waals surface area contributed by atoms with E-state index in [2.05, 4.69) is 20.9 Å². The summed E-state index contributed by atoms with van der Waals surface area (Å²) in [7, 11) is 0. The van der Waals surface area contributed by atoms with E-state index in [1.54, 1.807) is 0 Å². The molecule has 0 N–H and O–H groups in total. The molecular weight excluding hydrogens is 280 g/mol. The van der Waals surface area contributed by atoms with Crippen LogP contribution < -0.4 is 0 Å². The standard InChI is InChI=1S/C13H11BrN2O/c1-8-5-11(9(2)17-8)12-7-16-6-10(14)3-4-13(16)15-12/h3-7H,1-2H3. The largest absolute Gasteiger partial charge is 0.466 e. The van der Waals surface area contributed by atoms with Crippen LogP contribution in [0.5, 0.6) is 0 Å². The van der Waals surface area contributed by atoms with Gasteiger partial charge in [0.15, 0.2) is 0 Å². The lowest BCUT2D eigenvalue weighted by Gasteiger charge is -1.91.